The smallest absolute Gasteiger partial charge is 0.220 e. The van der Waals surface area contributed by atoms with Gasteiger partial charge in [0.05, 0.1) is 6.04 Å². The second kappa shape index (κ2) is 11.6. The Hall–Kier alpha value is -2.08. The number of carbonyl (C=O) groups is 1. The molecule has 0 heterocycles. The van der Waals surface area contributed by atoms with Crippen LogP contribution in [0.3, 0.4) is 0 Å². The Morgan fingerprint density at radius 2 is 1.89 bits per heavy atom. The van der Waals surface area contributed by atoms with Crippen LogP contribution in [0.4, 0.5) is 0 Å². The molecule has 27 heavy (non-hydrogen) atoms. The Morgan fingerprint density at radius 1 is 1.19 bits per heavy atom. The summed E-state index contributed by atoms with van der Waals surface area (Å²) in [5.74, 6) is 0.943. The van der Waals surface area contributed by atoms with Crippen molar-refractivity contribution < 1.29 is 4.79 Å². The number of likely N-dealkylation sites (N-methyl/N-ethyl adjacent to an activating group) is 1. The lowest BCUT2D eigenvalue weighted by Gasteiger charge is -2.30. The van der Waals surface area contributed by atoms with Crippen LogP contribution in [0.5, 0.6) is 0 Å². The Bertz CT molecular complexity index is 581. The molecule has 1 aromatic rings. The summed E-state index contributed by atoms with van der Waals surface area (Å²) in [6.07, 6.45) is 3.63. The highest BCUT2D eigenvalue weighted by molar-refractivity contribution is 5.80. The summed E-state index contributed by atoms with van der Waals surface area (Å²) < 4.78 is 0. The van der Waals surface area contributed by atoms with Crippen molar-refractivity contribution in [3.8, 4) is 0 Å². The van der Waals surface area contributed by atoms with E-state index in [0.717, 1.165) is 51.4 Å². The van der Waals surface area contributed by atoms with Gasteiger partial charge in [-0.1, -0.05) is 44.2 Å². The third kappa shape index (κ3) is 7.59. The Kier molecular flexibility index (Phi) is 9.11. The van der Waals surface area contributed by atoms with Gasteiger partial charge in [-0.25, -0.2) is 0 Å². The predicted molar refractivity (Wildman–Crippen MR) is 112 cm³/mol. The van der Waals surface area contributed by atoms with Crippen LogP contribution in [0.25, 0.3) is 0 Å². The molecule has 6 nitrogen and oxygen atoms in total. The predicted octanol–water partition coefficient (Wildman–Crippen LogP) is 2.29. The SMILES string of the molecule is CCN(CC)C(CNC(=NC)NCCCC(=O)NC1CC1)c1ccccc1. The number of amides is 1. The van der Waals surface area contributed by atoms with Crippen molar-refractivity contribution in [3.63, 3.8) is 0 Å². The van der Waals surface area contributed by atoms with Gasteiger partial charge in [-0.3, -0.25) is 14.7 Å². The summed E-state index contributed by atoms with van der Waals surface area (Å²) in [6.45, 7) is 7.91. The number of hydrogen-bond acceptors (Lipinski definition) is 3. The largest absolute Gasteiger partial charge is 0.356 e. The van der Waals surface area contributed by atoms with Crippen molar-refractivity contribution in [2.75, 3.05) is 33.2 Å². The molecule has 1 amide bonds. The molecule has 1 saturated carbocycles. The van der Waals surface area contributed by atoms with Crippen LogP contribution < -0.4 is 16.0 Å². The molecule has 1 aromatic carbocycles. The number of guanidine groups is 1. The van der Waals surface area contributed by atoms with Gasteiger partial charge in [0.15, 0.2) is 5.96 Å². The van der Waals surface area contributed by atoms with Crippen LogP contribution in [-0.2, 0) is 4.79 Å². The van der Waals surface area contributed by atoms with E-state index >= 15 is 0 Å². The normalized spacial score (nSPS) is 15.5. The number of rotatable bonds is 11. The zero-order valence-corrected chi connectivity index (χ0v) is 17.0. The lowest BCUT2D eigenvalue weighted by atomic mass is 10.1. The zero-order valence-electron chi connectivity index (χ0n) is 17.0. The third-order valence-corrected chi connectivity index (χ3v) is 4.94. The van der Waals surface area contributed by atoms with E-state index in [9.17, 15) is 4.79 Å². The topological polar surface area (TPSA) is 68.8 Å². The first-order chi connectivity index (χ1) is 13.2. The summed E-state index contributed by atoms with van der Waals surface area (Å²) in [7, 11) is 1.78. The minimum Gasteiger partial charge on any atom is -0.356 e. The molecule has 0 saturated heterocycles. The Morgan fingerprint density at radius 3 is 2.48 bits per heavy atom. The minimum absolute atomic E-state index is 0.160. The molecule has 1 aliphatic rings. The molecule has 0 aromatic heterocycles. The van der Waals surface area contributed by atoms with Gasteiger partial charge in [0.25, 0.3) is 0 Å². The summed E-state index contributed by atoms with van der Waals surface area (Å²) in [5, 5.41) is 9.78. The molecule has 1 fully saturated rings. The van der Waals surface area contributed by atoms with E-state index in [-0.39, 0.29) is 5.91 Å². The van der Waals surface area contributed by atoms with Crippen molar-refractivity contribution in [2.45, 2.75) is 51.6 Å². The molecule has 6 heteroatoms. The number of nitrogens with one attached hydrogen (secondary N) is 3. The van der Waals surface area contributed by atoms with Gasteiger partial charge in [-0.15, -0.1) is 0 Å². The van der Waals surface area contributed by atoms with Gasteiger partial charge in [0, 0.05) is 32.6 Å². The summed E-state index contributed by atoms with van der Waals surface area (Å²) in [5.41, 5.74) is 1.31. The fraction of sp³-hybridized carbons (Fsp3) is 0.619. The van der Waals surface area contributed by atoms with E-state index in [1.165, 1.54) is 5.56 Å². The fourth-order valence-corrected chi connectivity index (χ4v) is 3.19. The average Bonchev–Trinajstić information content (AvgIpc) is 3.51. The van der Waals surface area contributed by atoms with E-state index in [2.05, 4.69) is 70.0 Å². The quantitative estimate of drug-likeness (QED) is 0.316. The van der Waals surface area contributed by atoms with Crippen molar-refractivity contribution in [3.05, 3.63) is 35.9 Å². The molecule has 1 atom stereocenters. The maximum Gasteiger partial charge on any atom is 0.220 e. The highest BCUT2D eigenvalue weighted by Crippen LogP contribution is 2.19. The molecule has 0 radical (unpaired) electrons. The van der Waals surface area contributed by atoms with Gasteiger partial charge in [0.2, 0.25) is 5.91 Å². The molecule has 1 aliphatic carbocycles. The monoisotopic (exact) mass is 373 g/mol. The number of carbonyl (C=O) groups excluding carboxylic acids is 1. The lowest BCUT2D eigenvalue weighted by Crippen LogP contribution is -2.43. The molecule has 0 aliphatic heterocycles. The van der Waals surface area contributed by atoms with E-state index < -0.39 is 0 Å². The zero-order chi connectivity index (χ0) is 19.5. The maximum atomic E-state index is 11.7. The van der Waals surface area contributed by atoms with Gasteiger partial charge >= 0.3 is 0 Å². The summed E-state index contributed by atoms with van der Waals surface area (Å²) in [6, 6.07) is 11.3. The molecule has 1 unspecified atom stereocenters. The number of aliphatic imine (C=N–C) groups is 1. The highest BCUT2D eigenvalue weighted by atomic mass is 16.1. The first kappa shape index (κ1) is 21.2. The van der Waals surface area contributed by atoms with Crippen LogP contribution in [0.15, 0.2) is 35.3 Å². The van der Waals surface area contributed by atoms with Crippen molar-refractivity contribution in [1.82, 2.24) is 20.9 Å². The van der Waals surface area contributed by atoms with E-state index in [0.29, 0.717) is 18.5 Å². The second-order valence-electron chi connectivity index (χ2n) is 6.97. The van der Waals surface area contributed by atoms with Crippen molar-refractivity contribution >= 4 is 11.9 Å². The molecule has 150 valence electrons. The van der Waals surface area contributed by atoms with Crippen molar-refractivity contribution in [2.24, 2.45) is 4.99 Å². The standard InChI is InChI=1S/C21H35N5O/c1-4-26(5-2)19(17-10-7-6-8-11-17)16-24-21(22-3)23-15-9-12-20(27)25-18-13-14-18/h6-8,10-11,18-19H,4-5,9,12-16H2,1-3H3,(H,25,27)(H2,22,23,24). The fourth-order valence-electron chi connectivity index (χ4n) is 3.19. The molecular weight excluding hydrogens is 338 g/mol. The Labute approximate surface area is 163 Å². The number of benzene rings is 1. The van der Waals surface area contributed by atoms with Gasteiger partial charge in [-0.05, 0) is 37.9 Å². The van der Waals surface area contributed by atoms with Crippen LogP contribution in [-0.4, -0.2) is 56.0 Å². The van der Waals surface area contributed by atoms with Crippen LogP contribution in [0.2, 0.25) is 0 Å². The van der Waals surface area contributed by atoms with Gasteiger partial charge in [-0.2, -0.15) is 0 Å². The molecular formula is C21H35N5O. The first-order valence-electron chi connectivity index (χ1n) is 10.2. The Balaban J connectivity index is 1.78. The van der Waals surface area contributed by atoms with E-state index in [1.54, 1.807) is 7.05 Å². The molecule has 3 N–H and O–H groups in total. The summed E-state index contributed by atoms with van der Waals surface area (Å²) in [4.78, 5) is 18.5. The first-order valence-corrected chi connectivity index (χ1v) is 10.2. The van der Waals surface area contributed by atoms with Gasteiger partial charge in [0.1, 0.15) is 0 Å². The van der Waals surface area contributed by atoms with Crippen LogP contribution in [0.1, 0.15) is 51.1 Å². The van der Waals surface area contributed by atoms with Gasteiger partial charge < -0.3 is 16.0 Å². The molecule has 0 bridgehead atoms. The van der Waals surface area contributed by atoms with E-state index in [4.69, 9.17) is 0 Å². The molecule has 2 rings (SSSR count). The lowest BCUT2D eigenvalue weighted by molar-refractivity contribution is -0.121. The third-order valence-electron chi connectivity index (χ3n) is 4.94. The highest BCUT2D eigenvalue weighted by Gasteiger charge is 2.22. The number of hydrogen-bond donors (Lipinski definition) is 3. The van der Waals surface area contributed by atoms with E-state index in [1.807, 2.05) is 0 Å². The van der Waals surface area contributed by atoms with Crippen LogP contribution in [0, 0.1) is 0 Å². The summed E-state index contributed by atoms with van der Waals surface area (Å²) >= 11 is 0. The number of nitrogens with zero attached hydrogens (tertiary/aromatic N) is 2. The van der Waals surface area contributed by atoms with Crippen molar-refractivity contribution in [1.29, 1.82) is 0 Å². The van der Waals surface area contributed by atoms with Crippen LogP contribution >= 0.6 is 0 Å². The maximum absolute atomic E-state index is 11.7. The second-order valence-corrected chi connectivity index (χ2v) is 6.97. The minimum atomic E-state index is 0.160. The average molecular weight is 374 g/mol. The molecule has 0 spiro atoms.